The van der Waals surface area contributed by atoms with Crippen LogP contribution in [-0.2, 0) is 19.1 Å². The molecule has 2 bridgehead atoms. The zero-order chi connectivity index (χ0) is 41.0. The summed E-state index contributed by atoms with van der Waals surface area (Å²) < 4.78 is 18.1. The van der Waals surface area contributed by atoms with Gasteiger partial charge in [0.25, 0.3) is 0 Å². The second-order valence-corrected chi connectivity index (χ2v) is 18.3. The summed E-state index contributed by atoms with van der Waals surface area (Å²) >= 11 is 8.26. The lowest BCUT2D eigenvalue weighted by Gasteiger charge is -2.35. The summed E-state index contributed by atoms with van der Waals surface area (Å²) in [6.07, 6.45) is 4.22. The molecule has 3 aromatic rings. The van der Waals surface area contributed by atoms with Gasteiger partial charge in [-0.1, -0.05) is 38.4 Å². The van der Waals surface area contributed by atoms with Crippen LogP contribution >= 0.6 is 22.9 Å². The highest BCUT2D eigenvalue weighted by Crippen LogP contribution is 2.47. The zero-order valence-corrected chi connectivity index (χ0v) is 34.7. The molecular weight excluding hydrogens is 772 g/mol. The molecule has 0 spiro atoms. The molecule has 16 heteroatoms. The van der Waals surface area contributed by atoms with E-state index < -0.39 is 58.9 Å². The van der Waals surface area contributed by atoms with E-state index in [1.807, 2.05) is 40.0 Å². The number of benzene rings is 1. The average Bonchev–Trinajstić information content (AvgIpc) is 3.61. The van der Waals surface area contributed by atoms with Gasteiger partial charge in [-0.3, -0.25) is 9.59 Å². The number of rotatable bonds is 13. The fourth-order valence-electron chi connectivity index (χ4n) is 8.64. The maximum atomic E-state index is 14.7. The summed E-state index contributed by atoms with van der Waals surface area (Å²) in [7, 11) is 1.51. The Hall–Kier alpha value is -4.63. The molecule has 14 nitrogen and oxygen atoms in total. The number of pyridine rings is 1. The number of fused-ring (bicyclic) bond motifs is 3. The lowest BCUT2D eigenvalue weighted by atomic mass is 9.85. The van der Waals surface area contributed by atoms with Gasteiger partial charge in [0.2, 0.25) is 11.8 Å². The van der Waals surface area contributed by atoms with Gasteiger partial charge >= 0.3 is 12.1 Å². The van der Waals surface area contributed by atoms with Crippen LogP contribution in [-0.4, -0.2) is 93.4 Å². The van der Waals surface area contributed by atoms with Crippen LogP contribution in [0.25, 0.3) is 22.3 Å². The van der Waals surface area contributed by atoms with Crippen molar-refractivity contribution in [1.29, 1.82) is 0 Å². The zero-order valence-electron chi connectivity index (χ0n) is 33.1. The average molecular weight is 823 g/mol. The number of carbonyl (C=O) groups is 4. The van der Waals surface area contributed by atoms with Crippen molar-refractivity contribution in [2.75, 3.05) is 19.0 Å². The highest BCUT2D eigenvalue weighted by molar-refractivity contribution is 7.14. The molecule has 7 rings (SSSR count). The molecule has 4 aliphatic rings. The van der Waals surface area contributed by atoms with Crippen molar-refractivity contribution < 1.29 is 38.5 Å². The predicted molar refractivity (Wildman–Crippen MR) is 217 cm³/mol. The Kier molecular flexibility index (Phi) is 11.1. The number of thiazole rings is 1. The van der Waals surface area contributed by atoms with Crippen LogP contribution in [0.4, 0.5) is 9.93 Å². The summed E-state index contributed by atoms with van der Waals surface area (Å²) in [4.78, 5) is 65.8. The van der Waals surface area contributed by atoms with Gasteiger partial charge in [-0.25, -0.2) is 19.6 Å². The number of alkyl carbamates (subject to hydrolysis) is 1. The van der Waals surface area contributed by atoms with Gasteiger partial charge in [-0.05, 0) is 75.3 Å². The molecule has 3 amide bonds. The van der Waals surface area contributed by atoms with Gasteiger partial charge < -0.3 is 40.2 Å². The van der Waals surface area contributed by atoms with Gasteiger partial charge in [-0.2, -0.15) is 0 Å². The Bertz CT molecular complexity index is 2070. The quantitative estimate of drug-likeness (QED) is 0.135. The number of methoxy groups -OCH3 is 1. The molecule has 1 aliphatic heterocycles. The number of ether oxygens (including phenoxy) is 3. The fourth-order valence-corrected chi connectivity index (χ4v) is 9.78. The van der Waals surface area contributed by atoms with Gasteiger partial charge in [-0.15, -0.1) is 17.9 Å². The topological polar surface area (TPSA) is 181 Å². The second-order valence-electron chi connectivity index (χ2n) is 17.1. The van der Waals surface area contributed by atoms with E-state index in [1.54, 1.807) is 18.2 Å². The summed E-state index contributed by atoms with van der Waals surface area (Å²) in [5.74, 6) is -1.34. The molecule has 1 saturated heterocycles. The smallest absolute Gasteiger partial charge is 0.408 e. The lowest BCUT2D eigenvalue weighted by Crippen LogP contribution is -2.59. The van der Waals surface area contributed by atoms with Gasteiger partial charge in [0.05, 0.1) is 24.9 Å². The fraction of sp³-hybridized carbons (Fsp3) is 0.561. The van der Waals surface area contributed by atoms with Crippen molar-refractivity contribution in [1.82, 2.24) is 25.5 Å². The van der Waals surface area contributed by atoms with Crippen molar-refractivity contribution in [3.63, 3.8) is 0 Å². The number of hydrogen-bond acceptors (Lipinski definition) is 11. The van der Waals surface area contributed by atoms with E-state index in [1.165, 1.54) is 29.4 Å². The molecule has 5 atom stereocenters. The third-order valence-corrected chi connectivity index (χ3v) is 12.9. The molecule has 1 aromatic carbocycles. The van der Waals surface area contributed by atoms with E-state index in [0.717, 1.165) is 30.8 Å². The first-order valence-electron chi connectivity index (χ1n) is 19.5. The van der Waals surface area contributed by atoms with Crippen molar-refractivity contribution in [2.24, 2.45) is 23.2 Å². The number of likely N-dealkylation sites (tertiary alicyclic amines) is 1. The van der Waals surface area contributed by atoms with Gasteiger partial charge in [0, 0.05) is 35.2 Å². The first-order valence-corrected chi connectivity index (χ1v) is 20.8. The molecule has 3 heterocycles. The van der Waals surface area contributed by atoms with E-state index >= 15 is 0 Å². The molecule has 3 saturated carbocycles. The maximum Gasteiger partial charge on any atom is 0.408 e. The van der Waals surface area contributed by atoms with Crippen LogP contribution in [0.2, 0.25) is 5.02 Å². The van der Waals surface area contributed by atoms with E-state index in [2.05, 4.69) is 22.5 Å². The Balaban J connectivity index is 1.21. The molecule has 57 heavy (non-hydrogen) atoms. The Morgan fingerprint density at radius 3 is 2.39 bits per heavy atom. The standard InChI is InChI=1S/C41H51ClN6O8S/c1-8-23-17-41(23,37(51)52)47-35(49)28-15-24(18-48(28)36(50)34(40(4,5)6)46-39(53)56-33-21-9-10-22(33)12-11-21)55-30-16-26(27-19-57-38(45-27)43-20(2)3)44-32-25(30)13-14-29(54-7)31(32)42/h8,13-14,16,19-24,28,33-34H,1,9-12,15,17-18H2,2-7H3,(H,43,45)(H,46,53)(H,47,49)(H,51,52)/t21?,22?,23?,24-,28+,33?,34-,41-/m1/s1. The van der Waals surface area contributed by atoms with Crippen molar-refractivity contribution in [3.8, 4) is 22.9 Å². The predicted octanol–water partition coefficient (Wildman–Crippen LogP) is 6.66. The highest BCUT2D eigenvalue weighted by Gasteiger charge is 2.61. The minimum atomic E-state index is -1.53. The summed E-state index contributed by atoms with van der Waals surface area (Å²) in [6, 6.07) is 3.20. The Morgan fingerprint density at radius 2 is 1.79 bits per heavy atom. The van der Waals surface area contributed by atoms with E-state index in [0.29, 0.717) is 45.6 Å². The third kappa shape index (κ3) is 7.97. The van der Waals surface area contributed by atoms with Crippen molar-refractivity contribution >= 4 is 62.8 Å². The molecule has 2 aromatic heterocycles. The minimum absolute atomic E-state index is 0.0287. The third-order valence-electron chi connectivity index (χ3n) is 11.8. The number of aliphatic carboxylic acids is 1. The number of anilines is 1. The molecule has 1 unspecified atom stereocenters. The number of carboxylic acids is 1. The van der Waals surface area contributed by atoms with Crippen LogP contribution in [0.3, 0.4) is 0 Å². The summed E-state index contributed by atoms with van der Waals surface area (Å²) in [6.45, 7) is 13.2. The number of amides is 3. The number of carbonyl (C=O) groups excluding carboxylic acids is 3. The van der Waals surface area contributed by atoms with Crippen LogP contribution < -0.4 is 25.4 Å². The summed E-state index contributed by atoms with van der Waals surface area (Å²) in [5.41, 5.74) is -0.832. The number of nitrogens with one attached hydrogen (secondary N) is 3. The first-order chi connectivity index (χ1) is 27.0. The van der Waals surface area contributed by atoms with E-state index in [4.69, 9.17) is 35.8 Å². The SMILES string of the molecule is C=CC1C[C@]1(NC(=O)[C@@H]1C[C@@H](Oc2cc(-c3csc(NC(C)C)n3)nc3c(Cl)c(OC)ccc23)CN1C(=O)[C@@H](NC(=O)OC1C2CCC1CC2)C(C)(C)C)C(=O)O. The number of aromatic nitrogens is 2. The normalized spacial score (nSPS) is 26.9. The molecule has 3 aliphatic carbocycles. The van der Waals surface area contributed by atoms with Gasteiger partial charge in [0.1, 0.15) is 52.0 Å². The summed E-state index contributed by atoms with van der Waals surface area (Å²) in [5, 5.41) is 22.5. The van der Waals surface area contributed by atoms with E-state index in [-0.39, 0.29) is 36.6 Å². The molecule has 0 radical (unpaired) electrons. The van der Waals surface area contributed by atoms with Crippen LogP contribution in [0, 0.1) is 23.2 Å². The van der Waals surface area contributed by atoms with Crippen LogP contribution in [0.5, 0.6) is 11.5 Å². The molecular formula is C41H51ClN6O8S. The second kappa shape index (κ2) is 15.6. The largest absolute Gasteiger partial charge is 0.495 e. The van der Waals surface area contributed by atoms with Crippen LogP contribution in [0.1, 0.15) is 73.1 Å². The Morgan fingerprint density at radius 1 is 1.09 bits per heavy atom. The first kappa shape index (κ1) is 40.6. The molecule has 4 N–H and O–H groups in total. The molecule has 306 valence electrons. The lowest BCUT2D eigenvalue weighted by molar-refractivity contribution is -0.146. The van der Waals surface area contributed by atoms with Crippen LogP contribution in [0.15, 0.2) is 36.2 Å². The number of hydrogen-bond donors (Lipinski definition) is 4. The maximum absolute atomic E-state index is 14.7. The minimum Gasteiger partial charge on any atom is -0.495 e. The monoisotopic (exact) mass is 822 g/mol. The van der Waals surface area contributed by atoms with E-state index in [9.17, 15) is 24.3 Å². The number of carboxylic acid groups (broad SMARTS) is 1. The molecule has 4 fully saturated rings. The Labute approximate surface area is 341 Å². The number of nitrogens with zero attached hydrogens (tertiary/aromatic N) is 3. The number of halogens is 1. The van der Waals surface area contributed by atoms with Gasteiger partial charge in [0.15, 0.2) is 5.13 Å². The highest BCUT2D eigenvalue weighted by atomic mass is 35.5. The van der Waals surface area contributed by atoms with Crippen molar-refractivity contribution in [2.45, 2.75) is 109 Å². The van der Waals surface area contributed by atoms with Crippen molar-refractivity contribution in [3.05, 3.63) is 41.3 Å².